The number of hydrogen-bond donors (Lipinski definition) is 2. The Morgan fingerprint density at radius 2 is 2.06 bits per heavy atom. The first-order valence-electron chi connectivity index (χ1n) is 4.83. The second-order valence-corrected chi connectivity index (χ2v) is 4.06. The van der Waals surface area contributed by atoms with E-state index < -0.39 is 18.0 Å². The monoisotopic (exact) mass is 245 g/mol. The van der Waals surface area contributed by atoms with Crippen molar-refractivity contribution in [1.82, 2.24) is 0 Å². The van der Waals surface area contributed by atoms with Gasteiger partial charge in [-0.2, -0.15) is 8.78 Å². The van der Waals surface area contributed by atoms with E-state index in [2.05, 4.69) is 4.74 Å². The number of benzene rings is 1. The molecule has 0 radical (unpaired) electrons. The summed E-state index contributed by atoms with van der Waals surface area (Å²) in [6.45, 7) is -0.0835. The van der Waals surface area contributed by atoms with Crippen LogP contribution in [0.4, 0.5) is 14.5 Å². The minimum absolute atomic E-state index is 0.112. The number of halogens is 2. The quantitative estimate of drug-likeness (QED) is 0.798. The van der Waals surface area contributed by atoms with Crippen molar-refractivity contribution >= 4 is 11.7 Å². The summed E-state index contributed by atoms with van der Waals surface area (Å²) in [6, 6.07) is 3.83. The Bertz CT molecular complexity index is 433. The van der Waals surface area contributed by atoms with Crippen LogP contribution in [0.15, 0.2) is 18.2 Å². The highest BCUT2D eigenvalue weighted by molar-refractivity contribution is 5.82. The van der Waals surface area contributed by atoms with Crippen LogP contribution in [0.5, 0.6) is 5.75 Å². The van der Waals surface area contributed by atoms with Crippen LogP contribution in [0, 0.1) is 0 Å². The fourth-order valence-corrected chi connectivity index (χ4v) is 1.37. The molecule has 0 unspecified atom stereocenters. The average Bonchev–Trinajstić information content (AvgIpc) is 2.19. The second kappa shape index (κ2) is 4.57. The fourth-order valence-electron chi connectivity index (χ4n) is 1.37. The molecule has 0 aliphatic heterocycles. The van der Waals surface area contributed by atoms with Crippen molar-refractivity contribution in [2.45, 2.75) is 25.9 Å². The van der Waals surface area contributed by atoms with Crippen molar-refractivity contribution in [3.63, 3.8) is 0 Å². The molecule has 1 rings (SSSR count). The number of alkyl halides is 2. The highest BCUT2D eigenvalue weighted by atomic mass is 19.3. The Hall–Kier alpha value is -1.85. The summed E-state index contributed by atoms with van der Waals surface area (Å²) in [5.74, 6) is -1.21. The fraction of sp³-hybridized carbons (Fsp3) is 0.364. The zero-order valence-electron chi connectivity index (χ0n) is 9.41. The van der Waals surface area contributed by atoms with Gasteiger partial charge in [-0.05, 0) is 37.6 Å². The zero-order chi connectivity index (χ0) is 13.2. The molecule has 0 aliphatic carbocycles. The summed E-state index contributed by atoms with van der Waals surface area (Å²) in [6.07, 6.45) is 0. The summed E-state index contributed by atoms with van der Waals surface area (Å²) in [5.41, 5.74) is 4.83. The molecule has 0 saturated carbocycles. The van der Waals surface area contributed by atoms with E-state index in [4.69, 9.17) is 10.8 Å². The molecule has 3 N–H and O–H groups in total. The van der Waals surface area contributed by atoms with E-state index >= 15 is 0 Å². The van der Waals surface area contributed by atoms with Gasteiger partial charge in [-0.3, -0.25) is 4.79 Å². The maximum Gasteiger partial charge on any atom is 0.387 e. The minimum atomic E-state index is -2.96. The van der Waals surface area contributed by atoms with Gasteiger partial charge in [0.1, 0.15) is 5.75 Å². The Balaban J connectivity index is 3.19. The maximum absolute atomic E-state index is 12.0. The van der Waals surface area contributed by atoms with E-state index in [0.717, 1.165) is 0 Å². The summed E-state index contributed by atoms with van der Waals surface area (Å²) in [4.78, 5) is 11.1. The maximum atomic E-state index is 12.0. The molecular weight excluding hydrogens is 232 g/mol. The Morgan fingerprint density at radius 3 is 2.53 bits per heavy atom. The number of ether oxygens (including phenoxy) is 1. The smallest absolute Gasteiger partial charge is 0.387 e. The molecule has 0 aromatic heterocycles. The predicted molar refractivity (Wildman–Crippen MR) is 58.1 cm³/mol. The number of carbonyl (C=O) groups is 1. The van der Waals surface area contributed by atoms with Crippen molar-refractivity contribution < 1.29 is 23.4 Å². The molecule has 0 atom stereocenters. The highest BCUT2D eigenvalue weighted by Gasteiger charge is 2.31. The van der Waals surface area contributed by atoms with Gasteiger partial charge in [0.15, 0.2) is 0 Å². The average molecular weight is 245 g/mol. The third-order valence-electron chi connectivity index (χ3n) is 2.46. The van der Waals surface area contributed by atoms with Crippen LogP contribution >= 0.6 is 0 Å². The van der Waals surface area contributed by atoms with E-state index in [1.165, 1.54) is 32.0 Å². The molecule has 4 nitrogen and oxygen atoms in total. The van der Waals surface area contributed by atoms with Crippen LogP contribution in [-0.2, 0) is 10.2 Å². The van der Waals surface area contributed by atoms with Gasteiger partial charge in [0.05, 0.1) is 5.41 Å². The normalized spacial score (nSPS) is 11.6. The molecule has 0 heterocycles. The number of nitrogens with two attached hydrogens (primary N) is 1. The lowest BCUT2D eigenvalue weighted by Crippen LogP contribution is -2.29. The Kier molecular flexibility index (Phi) is 3.55. The zero-order valence-corrected chi connectivity index (χ0v) is 9.41. The van der Waals surface area contributed by atoms with Crippen LogP contribution in [0.2, 0.25) is 0 Å². The predicted octanol–water partition coefficient (Wildman–Crippen LogP) is 2.23. The van der Waals surface area contributed by atoms with Crippen LogP contribution < -0.4 is 10.5 Å². The van der Waals surface area contributed by atoms with Crippen molar-refractivity contribution in [3.8, 4) is 5.75 Å². The van der Waals surface area contributed by atoms with Gasteiger partial charge in [0.25, 0.3) is 0 Å². The molecule has 6 heteroatoms. The van der Waals surface area contributed by atoms with Gasteiger partial charge < -0.3 is 15.6 Å². The largest absolute Gasteiger partial charge is 0.481 e. The molecule has 0 fully saturated rings. The number of rotatable bonds is 4. The highest BCUT2D eigenvalue weighted by Crippen LogP contribution is 2.32. The number of nitrogen functional groups attached to an aromatic ring is 1. The standard InChI is InChI=1S/C11H13F2NO3/c1-11(2,9(15)16)7-5-6(17-10(12)13)3-4-8(7)14/h3-5,10H,14H2,1-2H3,(H,15,16). The topological polar surface area (TPSA) is 72.5 Å². The Labute approximate surface area is 97.0 Å². The SMILES string of the molecule is CC(C)(C(=O)O)c1cc(OC(F)F)ccc1N. The number of aliphatic carboxylic acids is 1. The first-order valence-corrected chi connectivity index (χ1v) is 4.83. The van der Waals surface area contributed by atoms with Crippen molar-refractivity contribution in [1.29, 1.82) is 0 Å². The third kappa shape index (κ3) is 2.83. The summed E-state index contributed by atoms with van der Waals surface area (Å²) >= 11 is 0. The van der Waals surface area contributed by atoms with Crippen LogP contribution in [0.3, 0.4) is 0 Å². The van der Waals surface area contributed by atoms with Crippen LogP contribution in [-0.4, -0.2) is 17.7 Å². The lowest BCUT2D eigenvalue weighted by atomic mass is 9.83. The summed E-state index contributed by atoms with van der Waals surface area (Å²) < 4.78 is 28.3. The van der Waals surface area contributed by atoms with E-state index in [9.17, 15) is 13.6 Å². The number of carboxylic acid groups (broad SMARTS) is 1. The molecule has 17 heavy (non-hydrogen) atoms. The Morgan fingerprint density at radius 1 is 1.47 bits per heavy atom. The second-order valence-electron chi connectivity index (χ2n) is 4.06. The number of carboxylic acids is 1. The molecule has 0 spiro atoms. The van der Waals surface area contributed by atoms with Crippen LogP contribution in [0.25, 0.3) is 0 Å². The molecule has 1 aromatic rings. The van der Waals surface area contributed by atoms with Gasteiger partial charge >= 0.3 is 12.6 Å². The molecule has 0 bridgehead atoms. The molecule has 1 aromatic carbocycles. The van der Waals surface area contributed by atoms with Gasteiger partial charge in [-0.25, -0.2) is 0 Å². The van der Waals surface area contributed by atoms with Gasteiger partial charge in [0.2, 0.25) is 0 Å². The summed E-state index contributed by atoms with van der Waals surface area (Å²) in [7, 11) is 0. The first-order chi connectivity index (χ1) is 7.75. The van der Waals surface area contributed by atoms with Crippen molar-refractivity contribution in [3.05, 3.63) is 23.8 Å². The van der Waals surface area contributed by atoms with E-state index in [-0.39, 0.29) is 17.0 Å². The number of hydrogen-bond acceptors (Lipinski definition) is 3. The minimum Gasteiger partial charge on any atom is -0.481 e. The van der Waals surface area contributed by atoms with Gasteiger partial charge in [0, 0.05) is 5.69 Å². The summed E-state index contributed by atoms with van der Waals surface area (Å²) in [5, 5.41) is 9.05. The molecule has 0 aliphatic rings. The van der Waals surface area contributed by atoms with E-state index in [0.29, 0.717) is 0 Å². The van der Waals surface area contributed by atoms with E-state index in [1.54, 1.807) is 0 Å². The lowest BCUT2D eigenvalue weighted by molar-refractivity contribution is -0.142. The third-order valence-corrected chi connectivity index (χ3v) is 2.46. The van der Waals surface area contributed by atoms with E-state index in [1.807, 2.05) is 0 Å². The van der Waals surface area contributed by atoms with Gasteiger partial charge in [-0.1, -0.05) is 0 Å². The molecule has 0 amide bonds. The molecule has 94 valence electrons. The lowest BCUT2D eigenvalue weighted by Gasteiger charge is -2.22. The molecule has 0 saturated heterocycles. The molecular formula is C11H13F2NO3. The first kappa shape index (κ1) is 13.2. The van der Waals surface area contributed by atoms with Gasteiger partial charge in [-0.15, -0.1) is 0 Å². The van der Waals surface area contributed by atoms with Crippen molar-refractivity contribution in [2.24, 2.45) is 0 Å². The van der Waals surface area contributed by atoms with Crippen molar-refractivity contribution in [2.75, 3.05) is 5.73 Å². The number of anilines is 1. The van der Waals surface area contributed by atoms with Crippen LogP contribution in [0.1, 0.15) is 19.4 Å².